The molecule has 4 nitrogen and oxygen atoms in total. The summed E-state index contributed by atoms with van der Waals surface area (Å²) in [5.74, 6) is 0.0946. The molecule has 0 amide bonds. The van der Waals surface area contributed by atoms with Gasteiger partial charge in [-0.1, -0.05) is 40.2 Å². The SMILES string of the molecule is O=C(CCBr)c1ccc(-c2ccc([N+](=O)[O-])cc2)cc1. The summed E-state index contributed by atoms with van der Waals surface area (Å²) >= 11 is 3.24. The lowest BCUT2D eigenvalue weighted by Gasteiger charge is -2.03. The molecule has 2 aromatic carbocycles. The van der Waals surface area contributed by atoms with Gasteiger partial charge in [-0.05, 0) is 23.3 Å². The van der Waals surface area contributed by atoms with Crippen LogP contribution < -0.4 is 0 Å². The van der Waals surface area contributed by atoms with Gasteiger partial charge in [0.15, 0.2) is 5.78 Å². The maximum atomic E-state index is 11.7. The summed E-state index contributed by atoms with van der Waals surface area (Å²) in [4.78, 5) is 21.9. The van der Waals surface area contributed by atoms with Crippen molar-refractivity contribution >= 4 is 27.4 Å². The van der Waals surface area contributed by atoms with Crippen molar-refractivity contribution in [1.29, 1.82) is 0 Å². The van der Waals surface area contributed by atoms with Crippen LogP contribution in [-0.4, -0.2) is 16.0 Å². The zero-order valence-corrected chi connectivity index (χ0v) is 12.2. The van der Waals surface area contributed by atoms with Gasteiger partial charge in [-0.3, -0.25) is 14.9 Å². The van der Waals surface area contributed by atoms with Crippen LogP contribution in [0.2, 0.25) is 0 Å². The van der Waals surface area contributed by atoms with Gasteiger partial charge in [0.25, 0.3) is 5.69 Å². The van der Waals surface area contributed by atoms with Gasteiger partial charge in [0.2, 0.25) is 0 Å². The Labute approximate surface area is 124 Å². The number of nitro groups is 1. The third kappa shape index (κ3) is 3.30. The first-order valence-electron chi connectivity index (χ1n) is 6.06. The summed E-state index contributed by atoms with van der Waals surface area (Å²) < 4.78 is 0. The molecular formula is C15H12BrNO3. The summed E-state index contributed by atoms with van der Waals surface area (Å²) in [5, 5.41) is 11.2. The molecule has 0 radical (unpaired) electrons. The molecule has 2 aromatic rings. The smallest absolute Gasteiger partial charge is 0.269 e. The van der Waals surface area contributed by atoms with E-state index in [1.54, 1.807) is 24.3 Å². The molecule has 20 heavy (non-hydrogen) atoms. The molecule has 0 heterocycles. The van der Waals surface area contributed by atoms with Crippen molar-refractivity contribution in [2.75, 3.05) is 5.33 Å². The Morgan fingerprint density at radius 2 is 1.50 bits per heavy atom. The third-order valence-electron chi connectivity index (χ3n) is 2.94. The second-order valence-corrected chi connectivity index (χ2v) is 5.04. The molecular weight excluding hydrogens is 322 g/mol. The van der Waals surface area contributed by atoms with Gasteiger partial charge in [0.05, 0.1) is 4.92 Å². The number of hydrogen-bond donors (Lipinski definition) is 0. The first kappa shape index (κ1) is 14.4. The molecule has 0 saturated carbocycles. The first-order chi connectivity index (χ1) is 9.61. The summed E-state index contributed by atoms with van der Waals surface area (Å²) in [7, 11) is 0. The van der Waals surface area contributed by atoms with Gasteiger partial charge >= 0.3 is 0 Å². The van der Waals surface area contributed by atoms with Crippen molar-refractivity contribution < 1.29 is 9.72 Å². The molecule has 0 saturated heterocycles. The molecule has 0 aliphatic rings. The zero-order chi connectivity index (χ0) is 14.5. The average Bonchev–Trinajstić information content (AvgIpc) is 2.48. The number of Topliss-reactive ketones (excluding diaryl/α,β-unsaturated/α-hetero) is 1. The van der Waals surface area contributed by atoms with Gasteiger partial charge < -0.3 is 0 Å². The lowest BCUT2D eigenvalue weighted by molar-refractivity contribution is -0.384. The van der Waals surface area contributed by atoms with Crippen molar-refractivity contribution in [1.82, 2.24) is 0 Å². The van der Waals surface area contributed by atoms with Gasteiger partial charge in [-0.2, -0.15) is 0 Å². The lowest BCUT2D eigenvalue weighted by Crippen LogP contribution is -1.98. The number of nitro benzene ring substituents is 1. The molecule has 0 unspecified atom stereocenters. The monoisotopic (exact) mass is 333 g/mol. The molecule has 0 aliphatic carbocycles. The van der Waals surface area contributed by atoms with E-state index in [1.807, 2.05) is 12.1 Å². The largest absolute Gasteiger partial charge is 0.294 e. The molecule has 0 fully saturated rings. The number of carbonyl (C=O) groups is 1. The van der Waals surface area contributed by atoms with Gasteiger partial charge in [0, 0.05) is 29.4 Å². The van der Waals surface area contributed by atoms with Crippen molar-refractivity contribution in [3.8, 4) is 11.1 Å². The topological polar surface area (TPSA) is 60.2 Å². The molecule has 0 atom stereocenters. The number of halogens is 1. The highest BCUT2D eigenvalue weighted by Crippen LogP contribution is 2.23. The van der Waals surface area contributed by atoms with Crippen molar-refractivity contribution in [3.05, 3.63) is 64.2 Å². The van der Waals surface area contributed by atoms with Crippen LogP contribution in [0.5, 0.6) is 0 Å². The fourth-order valence-electron chi connectivity index (χ4n) is 1.85. The molecule has 0 aliphatic heterocycles. The van der Waals surface area contributed by atoms with E-state index >= 15 is 0 Å². The Bertz CT molecular complexity index is 621. The molecule has 5 heteroatoms. The number of nitrogens with zero attached hydrogens (tertiary/aromatic N) is 1. The van der Waals surface area contributed by atoms with Gasteiger partial charge in [-0.15, -0.1) is 0 Å². The maximum Gasteiger partial charge on any atom is 0.269 e. The van der Waals surface area contributed by atoms with Crippen LogP contribution in [0.3, 0.4) is 0 Å². The third-order valence-corrected chi connectivity index (χ3v) is 3.34. The van der Waals surface area contributed by atoms with Crippen LogP contribution in [-0.2, 0) is 0 Å². The molecule has 0 bridgehead atoms. The first-order valence-corrected chi connectivity index (χ1v) is 7.18. The van der Waals surface area contributed by atoms with Crippen LogP contribution >= 0.6 is 15.9 Å². The van der Waals surface area contributed by atoms with Crippen LogP contribution in [0.25, 0.3) is 11.1 Å². The van der Waals surface area contributed by atoms with Crippen molar-refractivity contribution in [3.63, 3.8) is 0 Å². The summed E-state index contributed by atoms with van der Waals surface area (Å²) in [6.07, 6.45) is 0.469. The summed E-state index contributed by atoms with van der Waals surface area (Å²) in [6, 6.07) is 13.6. The highest BCUT2D eigenvalue weighted by molar-refractivity contribution is 9.09. The Morgan fingerprint density at radius 3 is 1.95 bits per heavy atom. The van der Waals surface area contributed by atoms with Crippen LogP contribution in [0, 0.1) is 10.1 Å². The van der Waals surface area contributed by atoms with Crippen LogP contribution in [0.4, 0.5) is 5.69 Å². The van der Waals surface area contributed by atoms with E-state index < -0.39 is 4.92 Å². The zero-order valence-electron chi connectivity index (χ0n) is 10.6. The fourth-order valence-corrected chi connectivity index (χ4v) is 2.21. The Kier molecular flexibility index (Phi) is 4.63. The van der Waals surface area contributed by atoms with E-state index in [4.69, 9.17) is 0 Å². The van der Waals surface area contributed by atoms with Crippen LogP contribution in [0.15, 0.2) is 48.5 Å². The molecule has 0 N–H and O–H groups in total. The number of benzene rings is 2. The minimum absolute atomic E-state index is 0.0675. The van der Waals surface area contributed by atoms with Gasteiger partial charge in [0.1, 0.15) is 0 Å². The lowest BCUT2D eigenvalue weighted by atomic mass is 10.0. The normalized spacial score (nSPS) is 10.2. The van der Waals surface area contributed by atoms with E-state index in [0.29, 0.717) is 17.3 Å². The van der Waals surface area contributed by atoms with Crippen molar-refractivity contribution in [2.24, 2.45) is 0 Å². The highest BCUT2D eigenvalue weighted by Gasteiger charge is 2.07. The number of non-ortho nitro benzene ring substituents is 1. The number of hydrogen-bond acceptors (Lipinski definition) is 3. The van der Waals surface area contributed by atoms with E-state index in [2.05, 4.69) is 15.9 Å². The minimum atomic E-state index is -0.425. The number of ketones is 1. The Balaban J connectivity index is 2.21. The second kappa shape index (κ2) is 6.43. The Morgan fingerprint density at radius 1 is 1.00 bits per heavy atom. The van der Waals surface area contributed by atoms with Crippen molar-refractivity contribution in [2.45, 2.75) is 6.42 Å². The summed E-state index contributed by atoms with van der Waals surface area (Å²) in [6.45, 7) is 0. The number of carbonyl (C=O) groups excluding carboxylic acids is 1. The number of alkyl halides is 1. The Hall–Kier alpha value is -2.01. The summed E-state index contributed by atoms with van der Waals surface area (Å²) in [5.41, 5.74) is 2.55. The fraction of sp³-hybridized carbons (Fsp3) is 0.133. The highest BCUT2D eigenvalue weighted by atomic mass is 79.9. The maximum absolute atomic E-state index is 11.7. The predicted molar refractivity (Wildman–Crippen MR) is 81.3 cm³/mol. The molecule has 2 rings (SSSR count). The predicted octanol–water partition coefficient (Wildman–Crippen LogP) is 4.23. The molecule has 0 spiro atoms. The molecule has 102 valence electrons. The van der Waals surface area contributed by atoms with E-state index in [-0.39, 0.29) is 11.5 Å². The quantitative estimate of drug-likeness (QED) is 0.356. The van der Waals surface area contributed by atoms with Crippen LogP contribution in [0.1, 0.15) is 16.8 Å². The average molecular weight is 334 g/mol. The minimum Gasteiger partial charge on any atom is -0.294 e. The standard InChI is InChI=1S/C15H12BrNO3/c16-10-9-15(18)13-3-1-11(2-4-13)12-5-7-14(8-6-12)17(19)20/h1-8H,9-10H2. The number of rotatable bonds is 5. The van der Waals surface area contributed by atoms with E-state index in [0.717, 1.165) is 11.1 Å². The van der Waals surface area contributed by atoms with E-state index in [1.165, 1.54) is 12.1 Å². The van der Waals surface area contributed by atoms with Gasteiger partial charge in [-0.25, -0.2) is 0 Å². The second-order valence-electron chi connectivity index (χ2n) is 4.24. The van der Waals surface area contributed by atoms with E-state index in [9.17, 15) is 14.9 Å². The molecule has 0 aromatic heterocycles.